The number of anilines is 1. The van der Waals surface area contributed by atoms with E-state index in [0.29, 0.717) is 28.1 Å². The highest BCUT2D eigenvalue weighted by atomic mass is 32.1. The molecule has 3 N–H and O–H groups in total. The van der Waals surface area contributed by atoms with Gasteiger partial charge in [0.1, 0.15) is 11.7 Å². The lowest BCUT2D eigenvalue weighted by molar-refractivity contribution is -0.126. The van der Waals surface area contributed by atoms with Crippen molar-refractivity contribution in [2.45, 2.75) is 69.6 Å². The van der Waals surface area contributed by atoms with Crippen LogP contribution in [0.1, 0.15) is 48.0 Å². The molecule has 6 rings (SSSR count). The first-order valence-electron chi connectivity index (χ1n) is 14.0. The van der Waals surface area contributed by atoms with Gasteiger partial charge in [0.15, 0.2) is 0 Å². The number of piperidine rings is 2. The number of thiophene rings is 1. The van der Waals surface area contributed by atoms with Crippen LogP contribution < -0.4 is 20.7 Å². The van der Waals surface area contributed by atoms with Gasteiger partial charge in [0.2, 0.25) is 17.6 Å². The second-order valence-electron chi connectivity index (χ2n) is 11.3. The number of aromatic nitrogens is 4. The van der Waals surface area contributed by atoms with Gasteiger partial charge in [0.25, 0.3) is 5.91 Å². The van der Waals surface area contributed by atoms with Crippen molar-refractivity contribution < 1.29 is 31.6 Å². The van der Waals surface area contributed by atoms with Crippen LogP contribution in [0.5, 0.6) is 5.88 Å². The van der Waals surface area contributed by atoms with Crippen molar-refractivity contribution in [1.82, 2.24) is 30.6 Å². The number of carbonyl (C=O) groups is 1. The number of carbonyl (C=O) groups excluding carboxylic acids is 1. The maximum Gasteiger partial charge on any atom is 0.393 e. The fourth-order valence-corrected chi connectivity index (χ4v) is 7.40. The lowest BCUT2D eigenvalue weighted by atomic mass is 9.78. The Hall–Kier alpha value is -3.72. The summed E-state index contributed by atoms with van der Waals surface area (Å²) >= 11 is 1.10. The molecule has 2 unspecified atom stereocenters. The lowest BCUT2D eigenvalue weighted by Crippen LogP contribution is -2.60. The van der Waals surface area contributed by atoms with E-state index in [0.717, 1.165) is 24.2 Å². The van der Waals surface area contributed by atoms with Crippen molar-refractivity contribution in [2.75, 3.05) is 12.4 Å². The number of alkyl halides is 4. The van der Waals surface area contributed by atoms with Crippen LogP contribution in [-0.4, -0.2) is 63.4 Å². The van der Waals surface area contributed by atoms with Gasteiger partial charge in [-0.05, 0) is 42.2 Å². The summed E-state index contributed by atoms with van der Waals surface area (Å²) in [6, 6.07) is 4.52. The Bertz CT molecular complexity index is 1630. The molecular weight excluding hydrogens is 590 g/mol. The van der Waals surface area contributed by atoms with Gasteiger partial charge in [0.05, 0.1) is 41.4 Å². The van der Waals surface area contributed by atoms with Crippen molar-refractivity contribution in [1.29, 1.82) is 0 Å². The van der Waals surface area contributed by atoms with Crippen molar-refractivity contribution in [3.05, 3.63) is 41.4 Å². The molecule has 0 spiro atoms. The van der Waals surface area contributed by atoms with E-state index in [1.54, 1.807) is 25.2 Å². The number of benzene rings is 1. The van der Waals surface area contributed by atoms with Gasteiger partial charge in [0, 0.05) is 25.3 Å². The first-order valence-corrected chi connectivity index (χ1v) is 14.8. The number of hydrogen-bond acceptors (Lipinski definition) is 9. The molecule has 230 valence electrons. The van der Waals surface area contributed by atoms with E-state index >= 15 is 4.39 Å². The third-order valence-corrected chi connectivity index (χ3v) is 9.22. The summed E-state index contributed by atoms with van der Waals surface area (Å²) in [6.45, 7) is 1.97. The number of amides is 1. The lowest BCUT2D eigenvalue weighted by Gasteiger charge is -2.45. The normalized spacial score (nSPS) is 23.8. The molecule has 10 nitrogen and oxygen atoms in total. The molecule has 3 aromatic heterocycles. The van der Waals surface area contributed by atoms with Crippen LogP contribution in [0.15, 0.2) is 28.9 Å². The van der Waals surface area contributed by atoms with Crippen molar-refractivity contribution >= 4 is 33.0 Å². The van der Waals surface area contributed by atoms with Gasteiger partial charge < -0.3 is 25.2 Å². The minimum Gasteiger partial charge on any atom is -0.479 e. The zero-order valence-corrected chi connectivity index (χ0v) is 24.5. The zero-order valence-electron chi connectivity index (χ0n) is 23.7. The summed E-state index contributed by atoms with van der Waals surface area (Å²) in [5, 5.41) is 17.7. The first kappa shape index (κ1) is 29.4. The maximum atomic E-state index is 15.5. The van der Waals surface area contributed by atoms with E-state index in [1.807, 2.05) is 0 Å². The fraction of sp³-hybridized carbons (Fsp3) is 0.500. The number of nitrogens with one attached hydrogen (secondary N) is 3. The number of rotatable bonds is 8. The third kappa shape index (κ3) is 6.05. The monoisotopic (exact) mass is 621 g/mol. The van der Waals surface area contributed by atoms with Gasteiger partial charge in [-0.2, -0.15) is 18.2 Å². The Morgan fingerprint density at radius 2 is 2.09 bits per heavy atom. The van der Waals surface area contributed by atoms with Crippen LogP contribution >= 0.6 is 11.3 Å². The second-order valence-corrected chi connectivity index (χ2v) is 12.3. The van der Waals surface area contributed by atoms with Crippen LogP contribution in [0.25, 0.3) is 20.8 Å². The topological polar surface area (TPSA) is 119 Å². The van der Waals surface area contributed by atoms with Crippen LogP contribution in [0.3, 0.4) is 0 Å². The Morgan fingerprint density at radius 1 is 1.28 bits per heavy atom. The van der Waals surface area contributed by atoms with E-state index in [4.69, 9.17) is 9.26 Å². The molecule has 2 aliphatic rings. The molecule has 5 heterocycles. The molecule has 2 fully saturated rings. The van der Waals surface area contributed by atoms with Gasteiger partial charge in [-0.25, -0.2) is 4.39 Å². The number of halogens is 4. The summed E-state index contributed by atoms with van der Waals surface area (Å²) in [5.74, 6) is 0.0656. The summed E-state index contributed by atoms with van der Waals surface area (Å²) < 4.78 is 69.2. The minimum absolute atomic E-state index is 0.00992. The molecule has 2 aliphatic heterocycles. The Kier molecular flexibility index (Phi) is 7.79. The predicted octanol–water partition coefficient (Wildman–Crippen LogP) is 5.01. The molecule has 0 aliphatic carbocycles. The first-order chi connectivity index (χ1) is 20.5. The zero-order chi connectivity index (χ0) is 30.5. The quantitative estimate of drug-likeness (QED) is 0.235. The molecule has 43 heavy (non-hydrogen) atoms. The SMILES string of the molecule is COc1nn(C)cc1C(=O)NCc1nc(-c2sc3c(N[C@@H]4CC5CC(C)C[C@H](N5)[C@@H]4F)cccc3c2CC(F)(F)F)no1. The van der Waals surface area contributed by atoms with Gasteiger partial charge >= 0.3 is 6.18 Å². The smallest absolute Gasteiger partial charge is 0.393 e. The molecule has 15 heteroatoms. The highest BCUT2D eigenvalue weighted by Gasteiger charge is 2.42. The van der Waals surface area contributed by atoms with Gasteiger partial charge in [-0.15, -0.1) is 16.4 Å². The molecule has 1 amide bonds. The minimum atomic E-state index is -4.50. The number of nitrogens with zero attached hydrogens (tertiary/aromatic N) is 4. The van der Waals surface area contributed by atoms with Gasteiger partial charge in [-0.3, -0.25) is 9.48 Å². The fourth-order valence-electron chi connectivity index (χ4n) is 6.18. The van der Waals surface area contributed by atoms with Crippen molar-refractivity contribution in [2.24, 2.45) is 13.0 Å². The molecular formula is C28H31F4N7O3S. The van der Waals surface area contributed by atoms with Crippen LogP contribution in [0, 0.1) is 5.92 Å². The van der Waals surface area contributed by atoms with Crippen LogP contribution in [-0.2, 0) is 20.0 Å². The van der Waals surface area contributed by atoms with E-state index in [-0.39, 0.29) is 52.2 Å². The Labute approximate surface area is 248 Å². The number of hydrogen-bond donors (Lipinski definition) is 3. The summed E-state index contributed by atoms with van der Waals surface area (Å²) in [5.41, 5.74) is 0.781. The maximum absolute atomic E-state index is 15.5. The number of methoxy groups -OCH3 is 1. The molecule has 2 bridgehead atoms. The molecule has 2 saturated heterocycles. The molecule has 4 aromatic rings. The summed E-state index contributed by atoms with van der Waals surface area (Å²) in [6.07, 6.45) is -3.06. The van der Waals surface area contributed by atoms with Crippen molar-refractivity contribution in [3.63, 3.8) is 0 Å². The Morgan fingerprint density at radius 3 is 2.86 bits per heavy atom. The summed E-state index contributed by atoms with van der Waals surface area (Å²) in [7, 11) is 3.03. The standard InChI is InChI=1S/C28H31F4N7O3S/c1-13-7-14-9-20(22(29)19(8-13)34-14)35-18-6-4-5-15-16(10-28(30,31)32)24(43-23(15)18)25-36-21(42-38-25)11-33-26(40)17-12-39(2)37-27(17)41-3/h4-6,12-14,19-20,22,34-35H,7-11H2,1-3H3,(H,33,40)/t13?,14?,19-,20+,22-/m0/s1. The van der Waals surface area contributed by atoms with Crippen LogP contribution in [0.2, 0.25) is 0 Å². The largest absolute Gasteiger partial charge is 0.479 e. The van der Waals surface area contributed by atoms with E-state index < -0.39 is 30.7 Å². The summed E-state index contributed by atoms with van der Waals surface area (Å²) in [4.78, 5) is 17.1. The molecule has 1 aromatic carbocycles. The van der Waals surface area contributed by atoms with E-state index in [2.05, 4.69) is 38.1 Å². The highest BCUT2D eigenvalue weighted by molar-refractivity contribution is 7.23. The van der Waals surface area contributed by atoms with Crippen LogP contribution in [0.4, 0.5) is 23.2 Å². The highest BCUT2D eigenvalue weighted by Crippen LogP contribution is 2.44. The predicted molar refractivity (Wildman–Crippen MR) is 152 cm³/mol. The number of ether oxygens (including phenoxy) is 1. The average Bonchev–Trinajstić information content (AvgIpc) is 3.66. The third-order valence-electron chi connectivity index (χ3n) is 7.94. The van der Waals surface area contributed by atoms with Crippen molar-refractivity contribution in [3.8, 4) is 16.6 Å². The Balaban J connectivity index is 1.27. The molecule has 5 atom stereocenters. The average molecular weight is 622 g/mol. The molecule has 0 saturated carbocycles. The number of fused-ring (bicyclic) bond motifs is 3. The second kappa shape index (κ2) is 11.4. The van der Waals surface area contributed by atoms with E-state index in [9.17, 15) is 18.0 Å². The molecule has 0 radical (unpaired) electrons. The van der Waals surface area contributed by atoms with Gasteiger partial charge in [-0.1, -0.05) is 24.2 Å². The van der Waals surface area contributed by atoms with E-state index in [1.165, 1.54) is 18.0 Å². The number of aryl methyl sites for hydroxylation is 1.